The van der Waals surface area contributed by atoms with Crippen molar-refractivity contribution < 1.29 is 19.8 Å². The van der Waals surface area contributed by atoms with Gasteiger partial charge in [0.05, 0.1) is 0 Å². The number of carbonyl (C=O) groups is 2. The molecule has 4 nitrogen and oxygen atoms in total. The van der Waals surface area contributed by atoms with Crippen molar-refractivity contribution in [1.29, 1.82) is 0 Å². The van der Waals surface area contributed by atoms with E-state index in [-0.39, 0.29) is 13.5 Å². The normalized spacial score (nSPS) is 9.66. The Labute approximate surface area is 223 Å². The third-order valence-electron chi connectivity index (χ3n) is 5.66. The largest absolute Gasteiger partial charge is 0.481 e. The van der Waals surface area contributed by atoms with Gasteiger partial charge in [-0.3, -0.25) is 9.59 Å². The first-order chi connectivity index (χ1) is 16.5. The topological polar surface area (TPSA) is 74.6 Å². The van der Waals surface area contributed by atoms with Crippen LogP contribution in [0.1, 0.15) is 142 Å². The Hall–Kier alpha value is -1.49. The van der Waals surface area contributed by atoms with E-state index in [1.165, 1.54) is 89.9 Å². The highest BCUT2D eigenvalue weighted by atomic mass is 32.1. The van der Waals surface area contributed by atoms with Gasteiger partial charge in [0.25, 0.3) is 0 Å². The highest BCUT2D eigenvalue weighted by Gasteiger charge is 1.97. The summed E-state index contributed by atoms with van der Waals surface area (Å²) in [6.45, 7) is 4.46. The molecular weight excluding hydrogens is 456 g/mol. The summed E-state index contributed by atoms with van der Waals surface area (Å²) in [6, 6.07) is 12.0. The van der Waals surface area contributed by atoms with Crippen LogP contribution in [-0.4, -0.2) is 22.2 Å². The molecule has 0 aliphatic rings. The highest BCUT2D eigenvalue weighted by Crippen LogP contribution is 2.11. The quantitative estimate of drug-likeness (QED) is 0.170. The van der Waals surface area contributed by atoms with Gasteiger partial charge in [0.15, 0.2) is 0 Å². The second-order valence-corrected chi connectivity index (χ2v) is 9.10. The maximum absolute atomic E-state index is 10.2. The summed E-state index contributed by atoms with van der Waals surface area (Å²) in [5.74, 6) is -1.32. The Kier molecular flexibility index (Phi) is 37.7. The average Bonchev–Trinajstić information content (AvgIpc) is 2.83. The molecule has 0 unspecified atom stereocenters. The Bertz CT molecular complexity index is 464. The summed E-state index contributed by atoms with van der Waals surface area (Å²) in [5.41, 5.74) is 0. The van der Waals surface area contributed by atoms with Gasteiger partial charge in [0.2, 0.25) is 0 Å². The fraction of sp³-hybridized carbons (Fsp3) is 0.733. The molecule has 0 heterocycles. The maximum Gasteiger partial charge on any atom is 0.303 e. The van der Waals surface area contributed by atoms with Crippen LogP contribution in [0.5, 0.6) is 0 Å². The van der Waals surface area contributed by atoms with E-state index in [1.54, 1.807) is 0 Å². The van der Waals surface area contributed by atoms with Crippen LogP contribution in [0.25, 0.3) is 0 Å². The monoisotopic (exact) mass is 512 g/mol. The van der Waals surface area contributed by atoms with Crippen molar-refractivity contribution in [2.75, 3.05) is 0 Å². The molecule has 0 spiro atoms. The van der Waals surface area contributed by atoms with E-state index >= 15 is 0 Å². The number of aliphatic carboxylic acids is 2. The van der Waals surface area contributed by atoms with Gasteiger partial charge in [-0.05, 0) is 12.8 Å². The number of hydrogen-bond donors (Lipinski definition) is 2. The van der Waals surface area contributed by atoms with Crippen LogP contribution in [-0.2, 0) is 9.59 Å². The minimum atomic E-state index is -0.659. The molecule has 0 radical (unpaired) electrons. The molecule has 0 saturated heterocycles. The first kappa shape index (κ1) is 38.0. The third-order valence-corrected chi connectivity index (χ3v) is 5.66. The van der Waals surface area contributed by atoms with E-state index in [0.717, 1.165) is 25.7 Å². The van der Waals surface area contributed by atoms with Crippen LogP contribution in [0.2, 0.25) is 0 Å². The first-order valence-electron chi connectivity index (χ1n) is 14.0. The van der Waals surface area contributed by atoms with E-state index in [1.807, 2.05) is 36.4 Å². The van der Waals surface area contributed by atoms with Crippen molar-refractivity contribution in [3.63, 3.8) is 0 Å². The van der Waals surface area contributed by atoms with Gasteiger partial charge in [-0.1, -0.05) is 153 Å². The van der Waals surface area contributed by atoms with Gasteiger partial charge in [-0.15, -0.1) is 0 Å². The number of rotatable bonds is 20. The Morgan fingerprint density at radius 1 is 0.429 bits per heavy atom. The molecule has 0 amide bonds. The molecule has 0 aromatic heterocycles. The standard InChI is InChI=1S/2C12H24O2.C6H6.H2S/c2*1-2-3-4-5-6-7-8-9-10-11-12(13)14;1-2-4-6-5-3-1;/h2*2-11H2,1H3,(H,13,14);1-6H;1H2. The highest BCUT2D eigenvalue weighted by molar-refractivity contribution is 7.59. The average molecular weight is 513 g/mol. The van der Waals surface area contributed by atoms with Crippen molar-refractivity contribution >= 4 is 25.4 Å². The Balaban J connectivity index is -0.000000462. The van der Waals surface area contributed by atoms with Crippen molar-refractivity contribution in [2.24, 2.45) is 0 Å². The summed E-state index contributed by atoms with van der Waals surface area (Å²) in [5, 5.41) is 16.8. The Morgan fingerprint density at radius 3 is 0.829 bits per heavy atom. The van der Waals surface area contributed by atoms with E-state index in [2.05, 4.69) is 13.8 Å². The number of hydrogen-bond acceptors (Lipinski definition) is 2. The number of unbranched alkanes of at least 4 members (excludes halogenated alkanes) is 16. The lowest BCUT2D eigenvalue weighted by Crippen LogP contribution is -1.93. The molecule has 1 aromatic rings. The van der Waals surface area contributed by atoms with E-state index in [9.17, 15) is 9.59 Å². The van der Waals surface area contributed by atoms with Gasteiger partial charge in [-0.2, -0.15) is 13.5 Å². The molecule has 2 N–H and O–H groups in total. The molecule has 35 heavy (non-hydrogen) atoms. The molecule has 0 aliphatic heterocycles. The SMILES string of the molecule is CCCCCCCCCCCC(=O)O.CCCCCCCCCCCC(=O)O.S.c1ccccc1. The summed E-state index contributed by atoms with van der Waals surface area (Å²) in [6.07, 6.45) is 23.0. The fourth-order valence-electron chi connectivity index (χ4n) is 3.56. The van der Waals surface area contributed by atoms with Crippen molar-refractivity contribution in [2.45, 2.75) is 142 Å². The molecule has 1 rings (SSSR count). The van der Waals surface area contributed by atoms with Crippen LogP contribution in [0.3, 0.4) is 0 Å². The molecule has 0 fully saturated rings. The molecule has 0 atom stereocenters. The minimum absolute atomic E-state index is 0. The summed E-state index contributed by atoms with van der Waals surface area (Å²) in [4.78, 5) is 20.4. The lowest BCUT2D eigenvalue weighted by atomic mass is 10.1. The van der Waals surface area contributed by atoms with Crippen molar-refractivity contribution in [3.8, 4) is 0 Å². The van der Waals surface area contributed by atoms with Gasteiger partial charge in [0.1, 0.15) is 0 Å². The second kappa shape index (κ2) is 34.7. The Morgan fingerprint density at radius 2 is 0.629 bits per heavy atom. The molecule has 0 bridgehead atoms. The third kappa shape index (κ3) is 43.1. The van der Waals surface area contributed by atoms with Gasteiger partial charge in [-0.25, -0.2) is 0 Å². The predicted octanol–water partition coefficient (Wildman–Crippen LogP) is 9.78. The number of carboxylic acids is 2. The predicted molar refractivity (Wildman–Crippen MR) is 156 cm³/mol. The summed E-state index contributed by atoms with van der Waals surface area (Å²) >= 11 is 0. The maximum atomic E-state index is 10.2. The van der Waals surface area contributed by atoms with E-state index < -0.39 is 11.9 Å². The molecule has 1 aromatic carbocycles. The lowest BCUT2D eigenvalue weighted by Gasteiger charge is -2.00. The minimum Gasteiger partial charge on any atom is -0.481 e. The summed E-state index contributed by atoms with van der Waals surface area (Å²) < 4.78 is 0. The zero-order valence-electron chi connectivity index (χ0n) is 22.8. The zero-order chi connectivity index (χ0) is 25.5. The molecule has 0 saturated carbocycles. The number of carboxylic acid groups (broad SMARTS) is 2. The van der Waals surface area contributed by atoms with Crippen molar-refractivity contribution in [1.82, 2.24) is 0 Å². The smallest absolute Gasteiger partial charge is 0.303 e. The van der Waals surface area contributed by atoms with Crippen LogP contribution in [0.4, 0.5) is 0 Å². The van der Waals surface area contributed by atoms with E-state index in [0.29, 0.717) is 12.8 Å². The molecular formula is C30H56O4S. The molecule has 0 aliphatic carbocycles. The van der Waals surface area contributed by atoms with Crippen LogP contribution in [0.15, 0.2) is 36.4 Å². The van der Waals surface area contributed by atoms with Gasteiger partial charge < -0.3 is 10.2 Å². The van der Waals surface area contributed by atoms with Crippen molar-refractivity contribution in [3.05, 3.63) is 36.4 Å². The fourth-order valence-corrected chi connectivity index (χ4v) is 3.56. The van der Waals surface area contributed by atoms with Gasteiger partial charge in [0, 0.05) is 12.8 Å². The van der Waals surface area contributed by atoms with Gasteiger partial charge >= 0.3 is 11.9 Å². The first-order valence-corrected chi connectivity index (χ1v) is 14.0. The van der Waals surface area contributed by atoms with Crippen LogP contribution in [0, 0.1) is 0 Å². The zero-order valence-corrected chi connectivity index (χ0v) is 23.8. The molecule has 206 valence electrons. The van der Waals surface area contributed by atoms with Crippen LogP contribution >= 0.6 is 13.5 Å². The number of benzene rings is 1. The van der Waals surface area contributed by atoms with E-state index in [4.69, 9.17) is 10.2 Å². The molecule has 5 heteroatoms. The van der Waals surface area contributed by atoms with Crippen LogP contribution < -0.4 is 0 Å². The summed E-state index contributed by atoms with van der Waals surface area (Å²) in [7, 11) is 0. The second-order valence-electron chi connectivity index (χ2n) is 9.10. The lowest BCUT2D eigenvalue weighted by molar-refractivity contribution is -0.138.